The molecule has 0 radical (unpaired) electrons. The third-order valence-electron chi connectivity index (χ3n) is 5.03. The summed E-state index contributed by atoms with van der Waals surface area (Å²) in [6.45, 7) is 0. The normalized spacial score (nSPS) is 32.6. The van der Waals surface area contributed by atoms with Crippen molar-refractivity contribution >= 4 is 35.4 Å². The minimum Gasteiger partial charge on any atom is -0.468 e. The van der Waals surface area contributed by atoms with Gasteiger partial charge in [0.25, 0.3) is 0 Å². The molecule has 2 saturated carbocycles. The van der Waals surface area contributed by atoms with Gasteiger partial charge in [0, 0.05) is 11.8 Å². The highest BCUT2D eigenvalue weighted by atomic mass is 16.5. The van der Waals surface area contributed by atoms with Crippen molar-refractivity contribution in [3.8, 4) is 0 Å². The van der Waals surface area contributed by atoms with Gasteiger partial charge in [0.05, 0.1) is 28.4 Å². The lowest BCUT2D eigenvalue weighted by Crippen LogP contribution is -2.39. The van der Waals surface area contributed by atoms with E-state index in [2.05, 4.69) is 18.9 Å². The van der Waals surface area contributed by atoms with Crippen molar-refractivity contribution in [2.24, 2.45) is 35.5 Å². The van der Waals surface area contributed by atoms with Crippen LogP contribution in [-0.2, 0) is 47.7 Å². The van der Waals surface area contributed by atoms with Crippen LogP contribution in [0.15, 0.2) is 0 Å². The zero-order valence-corrected chi connectivity index (χ0v) is 14.5. The molecule has 10 nitrogen and oxygen atoms in total. The van der Waals surface area contributed by atoms with E-state index in [4.69, 9.17) is 0 Å². The quantitative estimate of drug-likeness (QED) is 0.328. The fourth-order valence-electron chi connectivity index (χ4n) is 4.02. The Balaban J connectivity index is 2.67. The molecule has 2 aliphatic carbocycles. The van der Waals surface area contributed by atoms with E-state index in [9.17, 15) is 28.8 Å². The lowest BCUT2D eigenvalue weighted by Gasteiger charge is -2.20. The van der Waals surface area contributed by atoms with Crippen molar-refractivity contribution in [1.29, 1.82) is 0 Å². The fraction of sp³-hybridized carbons (Fsp3) is 0.625. The van der Waals surface area contributed by atoms with Crippen LogP contribution < -0.4 is 0 Å². The lowest BCUT2D eigenvalue weighted by molar-refractivity contribution is -0.156. The van der Waals surface area contributed by atoms with Gasteiger partial charge < -0.3 is 18.9 Å². The zero-order valence-electron chi connectivity index (χ0n) is 14.5. The second-order valence-corrected chi connectivity index (χ2v) is 5.96. The SMILES string of the molecule is COC(=O)C1C(=O)C(C(=O)OC)C2C1[C@H](C(=O)OC)C(=O)[C@@H]2C(=O)OC. The monoisotopic (exact) mass is 370 g/mol. The van der Waals surface area contributed by atoms with Gasteiger partial charge in [-0.3, -0.25) is 28.8 Å². The third-order valence-corrected chi connectivity index (χ3v) is 5.03. The Morgan fingerprint density at radius 2 is 0.731 bits per heavy atom. The van der Waals surface area contributed by atoms with E-state index in [-0.39, 0.29) is 0 Å². The molecule has 0 aromatic rings. The molecule has 6 atom stereocenters. The molecule has 2 rings (SSSR count). The van der Waals surface area contributed by atoms with Gasteiger partial charge in [-0.15, -0.1) is 0 Å². The Hall–Kier alpha value is -2.78. The lowest BCUT2D eigenvalue weighted by atomic mass is 9.82. The average Bonchev–Trinajstić information content (AvgIpc) is 3.08. The van der Waals surface area contributed by atoms with Gasteiger partial charge in [0.2, 0.25) is 0 Å². The van der Waals surface area contributed by atoms with Crippen molar-refractivity contribution in [3.63, 3.8) is 0 Å². The van der Waals surface area contributed by atoms with Crippen LogP contribution in [0.5, 0.6) is 0 Å². The minimum atomic E-state index is -1.57. The summed E-state index contributed by atoms with van der Waals surface area (Å²) in [6, 6.07) is 0. The molecule has 0 amide bonds. The Labute approximate surface area is 148 Å². The molecule has 26 heavy (non-hydrogen) atoms. The minimum absolute atomic E-state index is 0.867. The Kier molecular flexibility index (Phi) is 5.43. The van der Waals surface area contributed by atoms with Gasteiger partial charge in [-0.2, -0.15) is 0 Å². The summed E-state index contributed by atoms with van der Waals surface area (Å²) in [6.07, 6.45) is 0. The zero-order chi connectivity index (χ0) is 19.8. The van der Waals surface area contributed by atoms with E-state index in [1.807, 2.05) is 0 Å². The van der Waals surface area contributed by atoms with E-state index in [0.717, 1.165) is 28.4 Å². The second kappa shape index (κ2) is 7.22. The topological polar surface area (TPSA) is 139 Å². The summed E-state index contributed by atoms with van der Waals surface area (Å²) in [4.78, 5) is 74.1. The summed E-state index contributed by atoms with van der Waals surface area (Å²) >= 11 is 0. The van der Waals surface area contributed by atoms with Crippen LogP contribution in [0.3, 0.4) is 0 Å². The molecule has 2 aliphatic rings. The highest BCUT2D eigenvalue weighted by molar-refractivity contribution is 6.18. The predicted molar refractivity (Wildman–Crippen MR) is 79.0 cm³/mol. The summed E-state index contributed by atoms with van der Waals surface area (Å²) < 4.78 is 18.4. The number of ketones is 2. The van der Waals surface area contributed by atoms with Gasteiger partial charge in [0.1, 0.15) is 23.7 Å². The molecule has 0 spiro atoms. The van der Waals surface area contributed by atoms with Gasteiger partial charge in [-0.05, 0) is 0 Å². The van der Waals surface area contributed by atoms with Gasteiger partial charge in [-0.1, -0.05) is 0 Å². The fourth-order valence-corrected chi connectivity index (χ4v) is 4.02. The van der Waals surface area contributed by atoms with Crippen molar-refractivity contribution in [1.82, 2.24) is 0 Å². The molecule has 4 unspecified atom stereocenters. The van der Waals surface area contributed by atoms with E-state index in [1.165, 1.54) is 0 Å². The molecule has 0 aliphatic heterocycles. The smallest absolute Gasteiger partial charge is 0.316 e. The standard InChI is InChI=1S/C16H18O10/c1-23-13(19)7-5-6(9(11(7)17)15(21)25-3)10(16(22)26-4)12(18)8(5)14(20)24-2/h5-10H,1-4H3/t5?,6?,7-,8?,9+,10?. The number of Topliss-reactive ketones (excluding diaryl/α,β-unsaturated/α-hetero) is 2. The Morgan fingerprint density at radius 3 is 0.885 bits per heavy atom. The average molecular weight is 370 g/mol. The van der Waals surface area contributed by atoms with E-state index in [1.54, 1.807) is 0 Å². The largest absolute Gasteiger partial charge is 0.468 e. The van der Waals surface area contributed by atoms with Crippen molar-refractivity contribution in [2.75, 3.05) is 28.4 Å². The second-order valence-electron chi connectivity index (χ2n) is 5.96. The molecule has 0 heterocycles. The summed E-state index contributed by atoms with van der Waals surface area (Å²) in [7, 11) is 4.10. The van der Waals surface area contributed by atoms with Crippen LogP contribution in [0, 0.1) is 35.5 Å². The Bertz CT molecular complexity index is 571. The van der Waals surface area contributed by atoms with Crippen molar-refractivity contribution < 1.29 is 47.7 Å². The van der Waals surface area contributed by atoms with Crippen LogP contribution in [0.1, 0.15) is 0 Å². The number of carbonyl (C=O) groups is 6. The van der Waals surface area contributed by atoms with Crippen molar-refractivity contribution in [2.45, 2.75) is 0 Å². The first-order valence-electron chi connectivity index (χ1n) is 7.65. The predicted octanol–water partition coefficient (Wildman–Crippen LogP) is -1.46. The van der Waals surface area contributed by atoms with Crippen LogP contribution >= 0.6 is 0 Å². The van der Waals surface area contributed by atoms with Crippen LogP contribution in [0.4, 0.5) is 0 Å². The van der Waals surface area contributed by atoms with E-state index >= 15 is 0 Å². The highest BCUT2D eigenvalue weighted by Gasteiger charge is 2.70. The number of hydrogen-bond donors (Lipinski definition) is 0. The Morgan fingerprint density at radius 1 is 0.538 bits per heavy atom. The number of methoxy groups -OCH3 is 4. The number of ether oxygens (including phenoxy) is 4. The maximum Gasteiger partial charge on any atom is 0.316 e. The maximum atomic E-state index is 12.7. The molecule has 10 heteroatoms. The number of esters is 4. The van der Waals surface area contributed by atoms with Crippen LogP contribution in [0.25, 0.3) is 0 Å². The van der Waals surface area contributed by atoms with Gasteiger partial charge in [0.15, 0.2) is 11.6 Å². The number of fused-ring (bicyclic) bond motifs is 1. The molecule has 0 aromatic carbocycles. The molecular formula is C16H18O10. The molecule has 0 saturated heterocycles. The van der Waals surface area contributed by atoms with E-state index < -0.39 is 71.0 Å². The number of rotatable bonds is 4. The third kappa shape index (κ3) is 2.65. The first kappa shape index (κ1) is 19.5. The van der Waals surface area contributed by atoms with Gasteiger partial charge >= 0.3 is 23.9 Å². The van der Waals surface area contributed by atoms with Crippen LogP contribution in [-0.4, -0.2) is 63.9 Å². The first-order chi connectivity index (χ1) is 12.3. The molecule has 2 fully saturated rings. The van der Waals surface area contributed by atoms with Crippen LogP contribution in [0.2, 0.25) is 0 Å². The molecule has 142 valence electrons. The number of carbonyl (C=O) groups excluding carboxylic acids is 6. The summed E-state index contributed by atoms with van der Waals surface area (Å²) in [5.41, 5.74) is 0. The number of hydrogen-bond acceptors (Lipinski definition) is 10. The maximum absolute atomic E-state index is 12.7. The molecular weight excluding hydrogens is 352 g/mol. The summed E-state index contributed by atoms with van der Waals surface area (Å²) in [5.74, 6) is -14.6. The molecule has 0 bridgehead atoms. The first-order valence-corrected chi connectivity index (χ1v) is 7.65. The highest BCUT2D eigenvalue weighted by Crippen LogP contribution is 2.54. The molecule has 0 aromatic heterocycles. The van der Waals surface area contributed by atoms with Gasteiger partial charge in [-0.25, -0.2) is 0 Å². The van der Waals surface area contributed by atoms with Crippen molar-refractivity contribution in [3.05, 3.63) is 0 Å². The molecule has 0 N–H and O–H groups in total. The van der Waals surface area contributed by atoms with E-state index in [0.29, 0.717) is 0 Å². The summed E-state index contributed by atoms with van der Waals surface area (Å²) in [5, 5.41) is 0.